The van der Waals surface area contributed by atoms with Crippen LogP contribution in [0.5, 0.6) is 5.75 Å². The molecule has 0 radical (unpaired) electrons. The number of likely N-dealkylation sites (N-methyl/N-ethyl adjacent to an activating group) is 1. The summed E-state index contributed by atoms with van der Waals surface area (Å²) in [6, 6.07) is 9.15. The summed E-state index contributed by atoms with van der Waals surface area (Å²) in [5.74, 6) is -0.115. The van der Waals surface area contributed by atoms with Crippen LogP contribution in [-0.2, 0) is 17.9 Å². The van der Waals surface area contributed by atoms with Gasteiger partial charge in [-0.2, -0.15) is 5.10 Å². The minimum Gasteiger partial charge on any atom is -0.491 e. The number of aromatic nitrogens is 2. The van der Waals surface area contributed by atoms with E-state index in [1.807, 2.05) is 38.1 Å². The summed E-state index contributed by atoms with van der Waals surface area (Å²) in [5.41, 5.74) is 0.289. The molecule has 0 spiro atoms. The van der Waals surface area contributed by atoms with Gasteiger partial charge in [-0.05, 0) is 51.3 Å². The first-order valence-corrected chi connectivity index (χ1v) is 12.4. The van der Waals surface area contributed by atoms with Crippen LogP contribution in [0.15, 0.2) is 30.3 Å². The average molecular weight is 482 g/mol. The molecule has 9 nitrogen and oxygen atoms in total. The van der Waals surface area contributed by atoms with Crippen LogP contribution in [0.25, 0.3) is 0 Å². The number of carbonyl (C=O) groups excluding carboxylic acids is 3. The molecule has 2 aliphatic rings. The highest BCUT2D eigenvalue weighted by molar-refractivity contribution is 6.01. The Morgan fingerprint density at radius 2 is 1.86 bits per heavy atom. The molecular weight excluding hydrogens is 446 g/mol. The van der Waals surface area contributed by atoms with Crippen LogP contribution in [0, 0.1) is 0 Å². The minimum atomic E-state index is -1.08. The van der Waals surface area contributed by atoms with Gasteiger partial charge in [0, 0.05) is 25.7 Å². The molecule has 0 bridgehead atoms. The molecule has 1 fully saturated rings. The Bertz CT molecular complexity index is 1090. The molecule has 9 heteroatoms. The van der Waals surface area contributed by atoms with Crippen LogP contribution in [0.4, 0.5) is 0 Å². The molecule has 1 saturated carbocycles. The van der Waals surface area contributed by atoms with Crippen LogP contribution in [0.1, 0.15) is 79.4 Å². The summed E-state index contributed by atoms with van der Waals surface area (Å²) in [5, 5.41) is 10.4. The molecule has 1 aromatic carbocycles. The lowest BCUT2D eigenvalue weighted by Gasteiger charge is -2.41. The van der Waals surface area contributed by atoms with E-state index in [9.17, 15) is 14.4 Å². The number of ether oxygens (including phenoxy) is 1. The third-order valence-corrected chi connectivity index (χ3v) is 6.91. The quantitative estimate of drug-likeness (QED) is 0.633. The number of nitrogens with zero attached hydrogens (tertiary/aromatic N) is 3. The van der Waals surface area contributed by atoms with Gasteiger partial charge >= 0.3 is 0 Å². The number of hydrogen-bond acceptors (Lipinski definition) is 5. The Hall–Kier alpha value is -3.36. The van der Waals surface area contributed by atoms with Crippen molar-refractivity contribution in [2.45, 2.75) is 83.6 Å². The monoisotopic (exact) mass is 481 g/mol. The number of amides is 3. The fourth-order valence-corrected chi connectivity index (χ4v) is 4.66. The van der Waals surface area contributed by atoms with Crippen molar-refractivity contribution >= 4 is 17.7 Å². The largest absolute Gasteiger partial charge is 0.491 e. The maximum atomic E-state index is 13.2. The SMILES string of the molecule is CC(C)Oc1ccc(CNC(=O)c2cc3n(n2)CC(C)(C(=O)NC2CCCCC2)N(C)C3=O)cc1. The fourth-order valence-electron chi connectivity index (χ4n) is 4.66. The van der Waals surface area contributed by atoms with Gasteiger partial charge in [0.15, 0.2) is 5.69 Å². The van der Waals surface area contributed by atoms with Crippen LogP contribution < -0.4 is 15.4 Å². The minimum absolute atomic E-state index is 0.0921. The Labute approximate surface area is 206 Å². The number of nitrogens with one attached hydrogen (secondary N) is 2. The van der Waals surface area contributed by atoms with E-state index in [1.165, 1.54) is 22.1 Å². The van der Waals surface area contributed by atoms with Crippen molar-refractivity contribution in [1.29, 1.82) is 0 Å². The Morgan fingerprint density at radius 3 is 2.51 bits per heavy atom. The van der Waals surface area contributed by atoms with Gasteiger partial charge in [0.1, 0.15) is 17.0 Å². The number of carbonyl (C=O) groups is 3. The van der Waals surface area contributed by atoms with Crippen molar-refractivity contribution in [3.8, 4) is 5.75 Å². The maximum Gasteiger partial charge on any atom is 0.272 e. The Kier molecular flexibility index (Phi) is 7.14. The maximum absolute atomic E-state index is 13.2. The number of benzene rings is 1. The summed E-state index contributed by atoms with van der Waals surface area (Å²) in [4.78, 5) is 40.5. The van der Waals surface area contributed by atoms with Crippen molar-refractivity contribution in [3.63, 3.8) is 0 Å². The van der Waals surface area contributed by atoms with E-state index >= 15 is 0 Å². The van der Waals surface area contributed by atoms with E-state index in [0.717, 1.165) is 37.0 Å². The fraction of sp³-hybridized carbons (Fsp3) is 0.538. The lowest BCUT2D eigenvalue weighted by molar-refractivity contribution is -0.133. The van der Waals surface area contributed by atoms with E-state index in [1.54, 1.807) is 14.0 Å². The summed E-state index contributed by atoms with van der Waals surface area (Å²) in [6.07, 6.45) is 5.42. The van der Waals surface area contributed by atoms with Crippen LogP contribution >= 0.6 is 0 Å². The smallest absolute Gasteiger partial charge is 0.272 e. The Balaban J connectivity index is 1.42. The van der Waals surface area contributed by atoms with Crippen LogP contribution in [0.3, 0.4) is 0 Å². The van der Waals surface area contributed by atoms with E-state index in [0.29, 0.717) is 12.2 Å². The predicted molar refractivity (Wildman–Crippen MR) is 131 cm³/mol. The molecule has 1 unspecified atom stereocenters. The second-order valence-corrected chi connectivity index (χ2v) is 10.0. The van der Waals surface area contributed by atoms with E-state index in [4.69, 9.17) is 4.74 Å². The third-order valence-electron chi connectivity index (χ3n) is 6.91. The van der Waals surface area contributed by atoms with E-state index in [-0.39, 0.29) is 42.1 Å². The molecule has 1 atom stereocenters. The average Bonchev–Trinajstić information content (AvgIpc) is 3.26. The van der Waals surface area contributed by atoms with Gasteiger partial charge in [-0.15, -0.1) is 0 Å². The highest BCUT2D eigenvalue weighted by Gasteiger charge is 2.46. The van der Waals surface area contributed by atoms with Gasteiger partial charge in [0.25, 0.3) is 11.8 Å². The van der Waals surface area contributed by atoms with Crippen molar-refractivity contribution in [2.75, 3.05) is 7.05 Å². The molecule has 1 aliphatic heterocycles. The van der Waals surface area contributed by atoms with Gasteiger partial charge in [-0.25, -0.2) is 0 Å². The molecule has 3 amide bonds. The summed E-state index contributed by atoms with van der Waals surface area (Å²) in [7, 11) is 1.63. The van der Waals surface area contributed by atoms with Crippen molar-refractivity contribution in [2.24, 2.45) is 0 Å². The highest BCUT2D eigenvalue weighted by Crippen LogP contribution is 2.27. The normalized spacial score (nSPS) is 20.5. The number of rotatable bonds is 7. The number of fused-ring (bicyclic) bond motifs is 1. The Morgan fingerprint density at radius 1 is 1.17 bits per heavy atom. The zero-order valence-corrected chi connectivity index (χ0v) is 21.0. The molecule has 2 aromatic rings. The van der Waals surface area contributed by atoms with Crippen molar-refractivity contribution in [1.82, 2.24) is 25.3 Å². The third kappa shape index (κ3) is 5.33. The van der Waals surface area contributed by atoms with E-state index in [2.05, 4.69) is 15.7 Å². The summed E-state index contributed by atoms with van der Waals surface area (Å²) >= 11 is 0. The molecular formula is C26H35N5O4. The topological polar surface area (TPSA) is 106 Å². The standard InChI is InChI=1S/C26H35N5O4/c1-17(2)35-20-12-10-18(11-13-20)15-27-23(32)21-14-22-24(33)30(4)26(3,16-31(22)29-21)25(34)28-19-8-6-5-7-9-19/h10-14,17,19H,5-9,15-16H2,1-4H3,(H,27,32)(H,28,34). The molecule has 4 rings (SSSR count). The second-order valence-electron chi connectivity index (χ2n) is 10.0. The van der Waals surface area contributed by atoms with Crippen LogP contribution in [0.2, 0.25) is 0 Å². The molecule has 2 heterocycles. The van der Waals surface area contributed by atoms with Gasteiger partial charge < -0.3 is 20.3 Å². The lowest BCUT2D eigenvalue weighted by Crippen LogP contribution is -2.63. The zero-order chi connectivity index (χ0) is 25.2. The summed E-state index contributed by atoms with van der Waals surface area (Å²) in [6.45, 7) is 6.19. The first-order chi connectivity index (χ1) is 16.7. The van der Waals surface area contributed by atoms with E-state index < -0.39 is 5.54 Å². The highest BCUT2D eigenvalue weighted by atomic mass is 16.5. The molecule has 188 valence electrons. The van der Waals surface area contributed by atoms with Crippen molar-refractivity contribution < 1.29 is 19.1 Å². The lowest BCUT2D eigenvalue weighted by atomic mass is 9.92. The van der Waals surface area contributed by atoms with Crippen LogP contribution in [-0.4, -0.2) is 57.1 Å². The first kappa shape index (κ1) is 24.8. The van der Waals surface area contributed by atoms with Gasteiger partial charge in [0.05, 0.1) is 12.6 Å². The first-order valence-electron chi connectivity index (χ1n) is 12.4. The molecule has 1 aliphatic carbocycles. The predicted octanol–water partition coefficient (Wildman–Crippen LogP) is 2.89. The molecule has 0 saturated heterocycles. The summed E-state index contributed by atoms with van der Waals surface area (Å²) < 4.78 is 7.12. The number of hydrogen-bond donors (Lipinski definition) is 2. The second kappa shape index (κ2) is 10.1. The van der Waals surface area contributed by atoms with Gasteiger partial charge in [-0.1, -0.05) is 31.4 Å². The molecule has 35 heavy (non-hydrogen) atoms. The molecule has 1 aromatic heterocycles. The zero-order valence-electron chi connectivity index (χ0n) is 21.0. The molecule has 2 N–H and O–H groups in total. The van der Waals surface area contributed by atoms with Crippen molar-refractivity contribution in [3.05, 3.63) is 47.3 Å². The van der Waals surface area contributed by atoms with Gasteiger partial charge in [-0.3, -0.25) is 19.1 Å². The van der Waals surface area contributed by atoms with Gasteiger partial charge in [0.2, 0.25) is 5.91 Å².